The van der Waals surface area contributed by atoms with Gasteiger partial charge in [0.05, 0.1) is 36.3 Å². The lowest BCUT2D eigenvalue weighted by Gasteiger charge is -1.98. The Bertz CT molecular complexity index is 1430. The lowest BCUT2D eigenvalue weighted by atomic mass is 10.3. The van der Waals surface area contributed by atoms with Gasteiger partial charge in [-0.05, 0) is 60.7 Å². The molecule has 0 aliphatic rings. The molecule has 0 saturated heterocycles. The standard InChI is InChI=1S/2C12H15N3O2S.H2O4S/c2*1-3-6-18-8-4-5-9-10(7-8)14-11(13-9)15-12(16)17-2;1-5(2,3)4/h2*4-5,7H,3,6H2,1-2H3,(H2,13,14,15,16);(H2,1,2,3,4). The monoisotopic (exact) mass is 628 g/mol. The van der Waals surface area contributed by atoms with Gasteiger partial charge in [-0.2, -0.15) is 8.42 Å². The number of nitrogens with zero attached hydrogens (tertiary/aromatic N) is 2. The quantitative estimate of drug-likeness (QED) is 0.101. The van der Waals surface area contributed by atoms with Crippen LogP contribution in [-0.2, 0) is 19.9 Å². The van der Waals surface area contributed by atoms with Gasteiger partial charge in [0, 0.05) is 9.79 Å². The van der Waals surface area contributed by atoms with E-state index >= 15 is 0 Å². The number of benzene rings is 2. The van der Waals surface area contributed by atoms with E-state index in [9.17, 15) is 9.59 Å². The van der Waals surface area contributed by atoms with E-state index in [1.54, 1.807) is 23.5 Å². The van der Waals surface area contributed by atoms with Crippen molar-refractivity contribution in [2.45, 2.75) is 36.5 Å². The van der Waals surface area contributed by atoms with Crippen molar-refractivity contribution in [2.24, 2.45) is 0 Å². The number of anilines is 2. The van der Waals surface area contributed by atoms with Crippen LogP contribution in [-0.4, -0.2) is 75.4 Å². The number of aromatic nitrogens is 4. The third-order valence-electron chi connectivity index (χ3n) is 4.66. The molecule has 0 fully saturated rings. The molecule has 0 saturated carbocycles. The van der Waals surface area contributed by atoms with E-state index in [4.69, 9.17) is 17.5 Å². The molecule has 4 aromatic rings. The third kappa shape index (κ3) is 12.7. The molecule has 6 N–H and O–H groups in total. The smallest absolute Gasteiger partial charge is 0.413 e. The summed E-state index contributed by atoms with van der Waals surface area (Å²) in [6.45, 7) is 4.31. The highest BCUT2D eigenvalue weighted by atomic mass is 32.3. The fourth-order valence-electron chi connectivity index (χ4n) is 3.01. The Kier molecular flexibility index (Phi) is 13.7. The summed E-state index contributed by atoms with van der Waals surface area (Å²) >= 11 is 3.61. The molecule has 2 amide bonds. The second-order valence-electron chi connectivity index (χ2n) is 7.91. The fourth-order valence-corrected chi connectivity index (χ4v) is 4.62. The Balaban J connectivity index is 0.000000247. The molecule has 0 radical (unpaired) electrons. The molecule has 0 unspecified atom stereocenters. The molecule has 2 aromatic heterocycles. The third-order valence-corrected chi connectivity index (χ3v) is 7.06. The van der Waals surface area contributed by atoms with Crippen LogP contribution in [0.25, 0.3) is 22.1 Å². The van der Waals surface area contributed by atoms with Crippen molar-refractivity contribution in [3.05, 3.63) is 36.4 Å². The van der Waals surface area contributed by atoms with Gasteiger partial charge in [0.25, 0.3) is 0 Å². The number of amides is 2. The lowest BCUT2D eigenvalue weighted by molar-refractivity contribution is 0.186. The van der Waals surface area contributed by atoms with Gasteiger partial charge >= 0.3 is 22.6 Å². The number of ether oxygens (including phenoxy) is 2. The summed E-state index contributed by atoms with van der Waals surface area (Å²) < 4.78 is 40.6. The highest BCUT2D eigenvalue weighted by molar-refractivity contribution is 7.99. The van der Waals surface area contributed by atoms with E-state index in [1.165, 1.54) is 24.0 Å². The zero-order valence-electron chi connectivity index (χ0n) is 22.8. The van der Waals surface area contributed by atoms with Crippen molar-refractivity contribution in [1.29, 1.82) is 0 Å². The molecule has 17 heteroatoms. The molecule has 0 bridgehead atoms. The van der Waals surface area contributed by atoms with Crippen molar-refractivity contribution in [2.75, 3.05) is 36.4 Å². The van der Waals surface area contributed by atoms with Crippen molar-refractivity contribution in [1.82, 2.24) is 19.9 Å². The van der Waals surface area contributed by atoms with Gasteiger partial charge in [0.15, 0.2) is 0 Å². The second-order valence-corrected chi connectivity index (χ2v) is 11.1. The summed E-state index contributed by atoms with van der Waals surface area (Å²) in [6, 6.07) is 12.0. The number of hydrogen-bond acceptors (Lipinski definition) is 10. The summed E-state index contributed by atoms with van der Waals surface area (Å²) in [5.41, 5.74) is 3.45. The normalized spacial score (nSPS) is 10.7. The summed E-state index contributed by atoms with van der Waals surface area (Å²) in [4.78, 5) is 39.1. The number of hydrogen-bond donors (Lipinski definition) is 6. The SMILES string of the molecule is CCCSc1ccc2nc(NC(=O)OC)[nH]c2c1.CCCSc1ccc2nc(NC(=O)OC)[nH]c2c1.O=S(=O)(O)O. The predicted molar refractivity (Wildman–Crippen MR) is 160 cm³/mol. The first-order valence-electron chi connectivity index (χ1n) is 12.1. The minimum atomic E-state index is -4.67. The zero-order chi connectivity index (χ0) is 30.4. The predicted octanol–water partition coefficient (Wildman–Crippen LogP) is 5.83. The number of fused-ring (bicyclic) bond motifs is 2. The fraction of sp³-hybridized carbons (Fsp3) is 0.333. The topological polar surface area (TPSA) is 209 Å². The first-order chi connectivity index (χ1) is 19.4. The molecule has 41 heavy (non-hydrogen) atoms. The largest absolute Gasteiger partial charge is 0.453 e. The van der Waals surface area contributed by atoms with Crippen LogP contribution in [0.5, 0.6) is 0 Å². The van der Waals surface area contributed by atoms with Gasteiger partial charge < -0.3 is 19.4 Å². The summed E-state index contributed by atoms with van der Waals surface area (Å²) in [7, 11) is -2.03. The lowest BCUT2D eigenvalue weighted by Crippen LogP contribution is -2.11. The number of rotatable bonds is 8. The zero-order valence-corrected chi connectivity index (χ0v) is 25.2. The molecular formula is C24H32N6O8S3. The Morgan fingerprint density at radius 1 is 0.805 bits per heavy atom. The minimum Gasteiger partial charge on any atom is -0.453 e. The van der Waals surface area contributed by atoms with E-state index in [2.05, 4.69) is 53.9 Å². The number of aromatic amines is 2. The van der Waals surface area contributed by atoms with Crippen molar-refractivity contribution < 1.29 is 36.6 Å². The van der Waals surface area contributed by atoms with E-state index in [0.717, 1.165) is 46.4 Å². The molecule has 14 nitrogen and oxygen atoms in total. The minimum absolute atomic E-state index is 0.398. The summed E-state index contributed by atoms with van der Waals surface area (Å²) in [5.74, 6) is 2.98. The van der Waals surface area contributed by atoms with E-state index in [1.807, 2.05) is 36.4 Å². The number of thioether (sulfide) groups is 2. The maximum Gasteiger partial charge on any atom is 0.413 e. The molecule has 224 valence electrons. The molecule has 4 rings (SSSR count). The van der Waals surface area contributed by atoms with Crippen molar-refractivity contribution in [3.8, 4) is 0 Å². The summed E-state index contributed by atoms with van der Waals surface area (Å²) in [5, 5.41) is 5.02. The van der Waals surface area contributed by atoms with Crippen LogP contribution < -0.4 is 10.6 Å². The first-order valence-corrected chi connectivity index (χ1v) is 15.5. The summed E-state index contributed by atoms with van der Waals surface area (Å²) in [6.07, 6.45) is 1.21. The highest BCUT2D eigenvalue weighted by Gasteiger charge is 2.08. The molecule has 2 aromatic carbocycles. The van der Waals surface area contributed by atoms with Crippen LogP contribution in [0.15, 0.2) is 46.2 Å². The molecule has 0 aliphatic carbocycles. The molecule has 0 spiro atoms. The van der Waals surface area contributed by atoms with Gasteiger partial charge in [0.2, 0.25) is 11.9 Å². The van der Waals surface area contributed by atoms with Gasteiger partial charge in [-0.3, -0.25) is 19.7 Å². The average Bonchev–Trinajstić information content (AvgIpc) is 3.51. The number of carbonyl (C=O) groups excluding carboxylic acids is 2. The number of imidazole rings is 2. The number of methoxy groups -OCH3 is 2. The van der Waals surface area contributed by atoms with E-state index < -0.39 is 22.6 Å². The van der Waals surface area contributed by atoms with Gasteiger partial charge in [-0.1, -0.05) is 13.8 Å². The second kappa shape index (κ2) is 16.7. The van der Waals surface area contributed by atoms with E-state index in [0.29, 0.717) is 11.9 Å². The van der Waals surface area contributed by atoms with Crippen LogP contribution in [0.3, 0.4) is 0 Å². The molecule has 0 atom stereocenters. The Hall–Kier alpha value is -3.51. The maximum atomic E-state index is 11.1. The van der Waals surface area contributed by atoms with Crippen LogP contribution >= 0.6 is 23.5 Å². The van der Waals surface area contributed by atoms with Crippen LogP contribution in [0.1, 0.15) is 26.7 Å². The van der Waals surface area contributed by atoms with Crippen LogP contribution in [0.4, 0.5) is 21.5 Å². The number of H-pyrrole nitrogens is 2. The highest BCUT2D eigenvalue weighted by Crippen LogP contribution is 2.25. The van der Waals surface area contributed by atoms with Gasteiger partial charge in [0.1, 0.15) is 0 Å². The number of carbonyl (C=O) groups is 2. The van der Waals surface area contributed by atoms with Gasteiger partial charge in [-0.15, -0.1) is 23.5 Å². The maximum absolute atomic E-state index is 11.1. The van der Waals surface area contributed by atoms with Crippen molar-refractivity contribution >= 4 is 80.1 Å². The molecule has 2 heterocycles. The Morgan fingerprint density at radius 3 is 1.49 bits per heavy atom. The van der Waals surface area contributed by atoms with Crippen LogP contribution in [0, 0.1) is 0 Å². The van der Waals surface area contributed by atoms with Crippen molar-refractivity contribution in [3.63, 3.8) is 0 Å². The van der Waals surface area contributed by atoms with Gasteiger partial charge in [-0.25, -0.2) is 19.6 Å². The molecule has 0 aliphatic heterocycles. The molecular weight excluding hydrogens is 596 g/mol. The Morgan fingerprint density at radius 2 is 1.17 bits per heavy atom. The Labute approximate surface area is 245 Å². The van der Waals surface area contributed by atoms with Crippen LogP contribution in [0.2, 0.25) is 0 Å². The number of nitrogens with one attached hydrogen (secondary N) is 4. The average molecular weight is 629 g/mol. The first kappa shape index (κ1) is 33.7. The van der Waals surface area contributed by atoms with E-state index in [-0.39, 0.29) is 0 Å².